The third kappa shape index (κ3) is 36.9. The van der Waals surface area contributed by atoms with E-state index in [-0.39, 0.29) is 0 Å². The van der Waals surface area contributed by atoms with Crippen molar-refractivity contribution in [3.05, 3.63) is 36.5 Å². The topological polar surface area (TPSA) is 17.1 Å². The van der Waals surface area contributed by atoms with E-state index >= 15 is 0 Å². The van der Waals surface area contributed by atoms with E-state index in [1.54, 1.807) is 0 Å². The summed E-state index contributed by atoms with van der Waals surface area (Å²) in [5, 5.41) is 0. The minimum Gasteiger partial charge on any atom is -0.300 e. The molecule has 1 heteroatoms. The van der Waals surface area contributed by atoms with Gasteiger partial charge in [-0.25, -0.2) is 0 Å². The third-order valence-electron chi connectivity index (χ3n) is 8.37. The largest absolute Gasteiger partial charge is 0.300 e. The third-order valence-corrected chi connectivity index (χ3v) is 8.37. The molecule has 1 nitrogen and oxygen atoms in total. The number of hydrogen-bond acceptors (Lipinski definition) is 1. The van der Waals surface area contributed by atoms with E-state index in [1.807, 2.05) is 0 Å². The molecule has 0 aromatic rings. The van der Waals surface area contributed by atoms with E-state index in [4.69, 9.17) is 0 Å². The van der Waals surface area contributed by atoms with E-state index in [0.717, 1.165) is 32.1 Å². The first kappa shape index (κ1) is 39.9. The molecular weight excluding hydrogens is 496 g/mol. The van der Waals surface area contributed by atoms with Crippen LogP contribution in [0, 0.1) is 0 Å². The van der Waals surface area contributed by atoms with Crippen LogP contribution in [0.2, 0.25) is 0 Å². The molecule has 0 amide bonds. The van der Waals surface area contributed by atoms with Crippen LogP contribution in [-0.4, -0.2) is 5.78 Å². The van der Waals surface area contributed by atoms with Gasteiger partial charge in [-0.05, 0) is 70.6 Å². The van der Waals surface area contributed by atoms with Gasteiger partial charge >= 0.3 is 0 Å². The first-order valence-corrected chi connectivity index (χ1v) is 18.8. The number of rotatable bonds is 34. The molecule has 0 heterocycles. The highest BCUT2D eigenvalue weighted by molar-refractivity contribution is 5.78. The Morgan fingerprint density at radius 1 is 0.341 bits per heavy atom. The second kappa shape index (κ2) is 36.9. The second-order valence-corrected chi connectivity index (χ2v) is 12.6. The van der Waals surface area contributed by atoms with Gasteiger partial charge in [0.05, 0.1) is 0 Å². The molecule has 0 N–H and O–H groups in total. The van der Waals surface area contributed by atoms with Gasteiger partial charge in [0.1, 0.15) is 5.78 Å². The summed E-state index contributed by atoms with van der Waals surface area (Å²) < 4.78 is 0. The number of allylic oxidation sites excluding steroid dienone is 6. The van der Waals surface area contributed by atoms with E-state index in [0.29, 0.717) is 5.78 Å². The molecule has 0 aliphatic heterocycles. The molecule has 0 unspecified atom stereocenters. The van der Waals surface area contributed by atoms with Crippen molar-refractivity contribution in [1.82, 2.24) is 0 Å². The summed E-state index contributed by atoms with van der Waals surface area (Å²) >= 11 is 0. The SMILES string of the molecule is CCCCCCCCCC/C=C\C/C=C\CCCCCCC(=O)CCCCCC/C=C\CCCCCCCCCC. The van der Waals surface area contributed by atoms with Crippen LogP contribution in [0.3, 0.4) is 0 Å². The average molecular weight is 571 g/mol. The Hall–Kier alpha value is -1.11. The second-order valence-electron chi connectivity index (χ2n) is 12.6. The Bertz CT molecular complexity index is 584. The summed E-state index contributed by atoms with van der Waals surface area (Å²) in [5.74, 6) is 0.494. The Morgan fingerprint density at radius 3 is 0.951 bits per heavy atom. The molecule has 0 atom stereocenters. The fourth-order valence-electron chi connectivity index (χ4n) is 5.54. The summed E-state index contributed by atoms with van der Waals surface area (Å²) in [6, 6.07) is 0. The predicted octanol–water partition coefficient (Wildman–Crippen LogP) is 14.4. The van der Waals surface area contributed by atoms with Gasteiger partial charge in [0, 0.05) is 12.8 Å². The van der Waals surface area contributed by atoms with E-state index < -0.39 is 0 Å². The van der Waals surface area contributed by atoms with Gasteiger partial charge in [-0.15, -0.1) is 0 Å². The Balaban J connectivity index is 3.29. The van der Waals surface area contributed by atoms with Gasteiger partial charge in [-0.2, -0.15) is 0 Å². The van der Waals surface area contributed by atoms with Crippen LogP contribution in [0.15, 0.2) is 36.5 Å². The zero-order valence-electron chi connectivity index (χ0n) is 28.3. The molecule has 41 heavy (non-hydrogen) atoms. The molecule has 0 radical (unpaired) electrons. The lowest BCUT2D eigenvalue weighted by molar-refractivity contribution is -0.119. The van der Waals surface area contributed by atoms with Gasteiger partial charge < -0.3 is 0 Å². The molecular formula is C40H74O. The van der Waals surface area contributed by atoms with Crippen molar-refractivity contribution in [2.45, 2.75) is 213 Å². The van der Waals surface area contributed by atoms with Crippen LogP contribution in [0.25, 0.3) is 0 Å². The van der Waals surface area contributed by atoms with Crippen molar-refractivity contribution >= 4 is 5.78 Å². The maximum atomic E-state index is 12.1. The van der Waals surface area contributed by atoms with Gasteiger partial charge in [0.2, 0.25) is 0 Å². The van der Waals surface area contributed by atoms with Crippen molar-refractivity contribution < 1.29 is 4.79 Å². The van der Waals surface area contributed by atoms with Crippen molar-refractivity contribution in [3.63, 3.8) is 0 Å². The first-order valence-electron chi connectivity index (χ1n) is 18.8. The first-order chi connectivity index (χ1) is 20.3. The van der Waals surface area contributed by atoms with Crippen LogP contribution >= 0.6 is 0 Å². The molecule has 0 aliphatic carbocycles. The van der Waals surface area contributed by atoms with Crippen LogP contribution in [0.4, 0.5) is 0 Å². The van der Waals surface area contributed by atoms with Crippen molar-refractivity contribution in [3.8, 4) is 0 Å². The van der Waals surface area contributed by atoms with Gasteiger partial charge in [0.25, 0.3) is 0 Å². The summed E-state index contributed by atoms with van der Waals surface area (Å²) in [5.41, 5.74) is 0. The van der Waals surface area contributed by atoms with Crippen molar-refractivity contribution in [2.75, 3.05) is 0 Å². The van der Waals surface area contributed by atoms with Gasteiger partial charge in [-0.3, -0.25) is 4.79 Å². The van der Waals surface area contributed by atoms with Crippen LogP contribution < -0.4 is 0 Å². The fraction of sp³-hybridized carbons (Fsp3) is 0.825. The highest BCUT2D eigenvalue weighted by Crippen LogP contribution is 2.13. The molecule has 0 saturated heterocycles. The Labute approximate surface area is 259 Å². The number of unbranched alkanes of at least 4 members (excludes halogenated alkanes) is 24. The minimum atomic E-state index is 0.494. The summed E-state index contributed by atoms with van der Waals surface area (Å²) in [6.45, 7) is 4.57. The number of ketones is 1. The van der Waals surface area contributed by atoms with Crippen molar-refractivity contribution in [1.29, 1.82) is 0 Å². The number of Topliss-reactive ketones (excluding diaryl/α,β-unsaturated/α-hetero) is 1. The van der Waals surface area contributed by atoms with Crippen LogP contribution in [0.5, 0.6) is 0 Å². The molecule has 0 aromatic heterocycles. The molecule has 0 fully saturated rings. The van der Waals surface area contributed by atoms with Crippen molar-refractivity contribution in [2.24, 2.45) is 0 Å². The maximum absolute atomic E-state index is 12.1. The highest BCUT2D eigenvalue weighted by Gasteiger charge is 2.01. The fourth-order valence-corrected chi connectivity index (χ4v) is 5.54. The van der Waals surface area contributed by atoms with Gasteiger partial charge in [0.15, 0.2) is 0 Å². The number of carbonyl (C=O) groups excluding carboxylic acids is 1. The average Bonchev–Trinajstić information content (AvgIpc) is 2.98. The van der Waals surface area contributed by atoms with Gasteiger partial charge in [-0.1, -0.05) is 166 Å². The molecule has 240 valence electrons. The highest BCUT2D eigenvalue weighted by atomic mass is 16.1. The van der Waals surface area contributed by atoms with E-state index in [9.17, 15) is 4.79 Å². The standard InChI is InChI=1S/C40H74O/c1-3-5-7-9-11-13-15-17-19-21-22-23-25-27-29-31-33-35-37-39-40(41)38-36-34-32-30-28-26-24-20-18-16-14-12-10-8-6-4-2/h21-22,24-27H,3-20,23,28-39H2,1-2H3/b22-21-,26-24-,27-25-. The Morgan fingerprint density at radius 2 is 0.610 bits per heavy atom. The lowest BCUT2D eigenvalue weighted by Crippen LogP contribution is -1.97. The maximum Gasteiger partial charge on any atom is 0.132 e. The predicted molar refractivity (Wildman–Crippen MR) is 187 cm³/mol. The number of hydrogen-bond donors (Lipinski definition) is 0. The van der Waals surface area contributed by atoms with E-state index in [2.05, 4.69) is 50.3 Å². The Kier molecular flexibility index (Phi) is 35.9. The molecule has 0 aliphatic rings. The normalized spacial score (nSPS) is 12.0. The lowest BCUT2D eigenvalue weighted by atomic mass is 10.0. The molecule has 0 spiro atoms. The number of carbonyl (C=O) groups is 1. The smallest absolute Gasteiger partial charge is 0.132 e. The quantitative estimate of drug-likeness (QED) is 0.0555. The molecule has 0 aromatic carbocycles. The molecule has 0 bridgehead atoms. The zero-order valence-corrected chi connectivity index (χ0v) is 28.3. The summed E-state index contributed by atoms with van der Waals surface area (Å²) in [7, 11) is 0. The molecule has 0 rings (SSSR count). The van der Waals surface area contributed by atoms with Crippen LogP contribution in [0.1, 0.15) is 213 Å². The molecule has 0 saturated carbocycles. The lowest BCUT2D eigenvalue weighted by Gasteiger charge is -2.02. The van der Waals surface area contributed by atoms with Crippen LogP contribution in [-0.2, 0) is 4.79 Å². The monoisotopic (exact) mass is 571 g/mol. The van der Waals surface area contributed by atoms with E-state index in [1.165, 1.54) is 167 Å². The summed E-state index contributed by atoms with van der Waals surface area (Å²) in [6.07, 6.45) is 54.0. The zero-order chi connectivity index (χ0) is 29.7. The summed E-state index contributed by atoms with van der Waals surface area (Å²) in [4.78, 5) is 12.1. The minimum absolute atomic E-state index is 0.494.